The molecule has 0 aromatic heterocycles. The summed E-state index contributed by atoms with van der Waals surface area (Å²) >= 11 is 0. The van der Waals surface area contributed by atoms with Gasteiger partial charge in [-0.3, -0.25) is 24.5 Å². The van der Waals surface area contributed by atoms with Crippen molar-refractivity contribution in [3.63, 3.8) is 0 Å². The largest absolute Gasteiger partial charge is 0.455 e. The van der Waals surface area contributed by atoms with Gasteiger partial charge in [0.1, 0.15) is 5.69 Å². The average molecular weight is 466 g/mol. The second-order valence-corrected chi connectivity index (χ2v) is 8.46. The zero-order chi connectivity index (χ0) is 24.1. The summed E-state index contributed by atoms with van der Waals surface area (Å²) in [5, 5.41) is 16.8. The normalized spacial score (nSPS) is 15.9. The van der Waals surface area contributed by atoms with E-state index in [1.807, 2.05) is 4.90 Å². The predicted octanol–water partition coefficient (Wildman–Crippen LogP) is 2.89. The fourth-order valence-corrected chi connectivity index (χ4v) is 3.96. The van der Waals surface area contributed by atoms with Crippen molar-refractivity contribution < 1.29 is 24.0 Å². The molecule has 2 N–H and O–H groups in total. The molecule has 178 valence electrons. The molecule has 0 atom stereocenters. The SMILES string of the molecule is O=C(COC(=O)C1CCN(c2ccccc2[N+](=O)[O-])CC1)Nc1ccccc1C(=O)NC1CC1. The van der Waals surface area contributed by atoms with Gasteiger partial charge in [-0.2, -0.15) is 0 Å². The van der Waals surface area contributed by atoms with E-state index in [1.54, 1.807) is 42.5 Å². The Labute approximate surface area is 196 Å². The third-order valence-electron chi connectivity index (χ3n) is 5.95. The Hall–Kier alpha value is -3.95. The Morgan fingerprint density at radius 3 is 2.38 bits per heavy atom. The molecule has 0 radical (unpaired) electrons. The van der Waals surface area contributed by atoms with E-state index in [2.05, 4.69) is 10.6 Å². The first-order valence-electron chi connectivity index (χ1n) is 11.3. The van der Waals surface area contributed by atoms with Crippen LogP contribution in [0.4, 0.5) is 17.1 Å². The van der Waals surface area contributed by atoms with Gasteiger partial charge in [-0.15, -0.1) is 0 Å². The van der Waals surface area contributed by atoms with E-state index in [1.165, 1.54) is 6.07 Å². The summed E-state index contributed by atoms with van der Waals surface area (Å²) in [6.45, 7) is 0.488. The number of hydrogen-bond acceptors (Lipinski definition) is 7. The number of nitro groups is 1. The number of ether oxygens (including phenoxy) is 1. The number of benzene rings is 2. The molecule has 2 aliphatic rings. The Morgan fingerprint density at radius 2 is 1.68 bits per heavy atom. The quantitative estimate of drug-likeness (QED) is 0.347. The predicted molar refractivity (Wildman–Crippen MR) is 125 cm³/mol. The molecular formula is C24H26N4O6. The highest BCUT2D eigenvalue weighted by Gasteiger charge is 2.29. The summed E-state index contributed by atoms with van der Waals surface area (Å²) in [7, 11) is 0. The highest BCUT2D eigenvalue weighted by atomic mass is 16.6. The Morgan fingerprint density at radius 1 is 1.00 bits per heavy atom. The van der Waals surface area contributed by atoms with E-state index in [0.29, 0.717) is 42.9 Å². The molecule has 2 fully saturated rings. The number of piperidine rings is 1. The summed E-state index contributed by atoms with van der Waals surface area (Å²) in [6.07, 6.45) is 2.85. The molecule has 10 nitrogen and oxygen atoms in total. The minimum absolute atomic E-state index is 0.0336. The fourth-order valence-electron chi connectivity index (χ4n) is 3.96. The Balaban J connectivity index is 1.26. The van der Waals surface area contributed by atoms with Crippen LogP contribution in [0.25, 0.3) is 0 Å². The standard InChI is InChI=1S/C24H26N4O6/c29-22(26-19-6-2-1-5-18(19)23(30)25-17-9-10-17)15-34-24(31)16-11-13-27(14-12-16)20-7-3-4-8-21(20)28(32)33/h1-8,16-17H,9-15H2,(H,25,30)(H,26,29). The lowest BCUT2D eigenvalue weighted by atomic mass is 9.96. The third kappa shape index (κ3) is 5.69. The van der Waals surface area contributed by atoms with Crippen LogP contribution in [-0.2, 0) is 14.3 Å². The van der Waals surface area contributed by atoms with Crippen molar-refractivity contribution in [2.45, 2.75) is 31.7 Å². The smallest absolute Gasteiger partial charge is 0.309 e. The Kier molecular flexibility index (Phi) is 7.05. The molecule has 2 aromatic carbocycles. The highest BCUT2D eigenvalue weighted by Crippen LogP contribution is 2.31. The number of hydrogen-bond donors (Lipinski definition) is 2. The van der Waals surface area contributed by atoms with Crippen LogP contribution in [0.3, 0.4) is 0 Å². The second kappa shape index (κ2) is 10.3. The van der Waals surface area contributed by atoms with Crippen molar-refractivity contribution in [3.8, 4) is 0 Å². The third-order valence-corrected chi connectivity index (χ3v) is 5.95. The van der Waals surface area contributed by atoms with Crippen molar-refractivity contribution in [1.29, 1.82) is 0 Å². The van der Waals surface area contributed by atoms with Crippen LogP contribution in [0.1, 0.15) is 36.0 Å². The summed E-state index contributed by atoms with van der Waals surface area (Å²) in [5.41, 5.74) is 1.28. The first-order valence-corrected chi connectivity index (χ1v) is 11.3. The van der Waals surface area contributed by atoms with Crippen LogP contribution < -0.4 is 15.5 Å². The molecule has 2 aromatic rings. The number of rotatable bonds is 8. The van der Waals surface area contributed by atoms with Crippen LogP contribution in [0, 0.1) is 16.0 Å². The minimum Gasteiger partial charge on any atom is -0.455 e. The van der Waals surface area contributed by atoms with Crippen LogP contribution in [0.2, 0.25) is 0 Å². The Bertz CT molecular complexity index is 1090. The molecule has 34 heavy (non-hydrogen) atoms. The summed E-state index contributed by atoms with van der Waals surface area (Å²) in [4.78, 5) is 49.9. The number of nitrogens with zero attached hydrogens (tertiary/aromatic N) is 2. The van der Waals surface area contributed by atoms with Gasteiger partial charge >= 0.3 is 5.97 Å². The van der Waals surface area contributed by atoms with Gasteiger partial charge in [-0.1, -0.05) is 24.3 Å². The molecule has 0 bridgehead atoms. The highest BCUT2D eigenvalue weighted by molar-refractivity contribution is 6.04. The maximum absolute atomic E-state index is 12.5. The molecule has 1 saturated carbocycles. The number of para-hydroxylation sites is 3. The molecule has 0 unspecified atom stereocenters. The lowest BCUT2D eigenvalue weighted by Crippen LogP contribution is -2.37. The number of anilines is 2. The first-order chi connectivity index (χ1) is 16.4. The van der Waals surface area contributed by atoms with Crippen LogP contribution in [0.5, 0.6) is 0 Å². The average Bonchev–Trinajstić information content (AvgIpc) is 3.67. The lowest BCUT2D eigenvalue weighted by molar-refractivity contribution is -0.384. The molecule has 1 heterocycles. The molecule has 10 heteroatoms. The van der Waals surface area contributed by atoms with Gasteiger partial charge in [0.15, 0.2) is 6.61 Å². The summed E-state index contributed by atoms with van der Waals surface area (Å²) < 4.78 is 5.22. The summed E-state index contributed by atoms with van der Waals surface area (Å²) in [5.74, 6) is -1.64. The van der Waals surface area contributed by atoms with Gasteiger partial charge in [0.25, 0.3) is 17.5 Å². The van der Waals surface area contributed by atoms with Crippen LogP contribution in [-0.4, -0.2) is 48.4 Å². The van der Waals surface area contributed by atoms with Crippen molar-refractivity contribution in [2.24, 2.45) is 5.92 Å². The van der Waals surface area contributed by atoms with Crippen molar-refractivity contribution in [3.05, 3.63) is 64.2 Å². The second-order valence-electron chi connectivity index (χ2n) is 8.46. The zero-order valence-corrected chi connectivity index (χ0v) is 18.6. The van der Waals surface area contributed by atoms with Gasteiger partial charge < -0.3 is 20.3 Å². The maximum Gasteiger partial charge on any atom is 0.309 e. The number of carbonyl (C=O) groups is 3. The number of amides is 2. The molecule has 4 rings (SSSR count). The van der Waals surface area contributed by atoms with Gasteiger partial charge in [0, 0.05) is 25.2 Å². The monoisotopic (exact) mass is 466 g/mol. The summed E-state index contributed by atoms with van der Waals surface area (Å²) in [6, 6.07) is 13.4. The van der Waals surface area contributed by atoms with E-state index in [9.17, 15) is 24.5 Å². The number of esters is 1. The molecule has 1 aliphatic carbocycles. The first kappa shape index (κ1) is 23.2. The van der Waals surface area contributed by atoms with Gasteiger partial charge in [-0.25, -0.2) is 0 Å². The van der Waals surface area contributed by atoms with E-state index >= 15 is 0 Å². The van der Waals surface area contributed by atoms with Crippen LogP contribution >= 0.6 is 0 Å². The maximum atomic E-state index is 12.5. The number of nitrogens with one attached hydrogen (secondary N) is 2. The van der Waals surface area contributed by atoms with Gasteiger partial charge in [0.2, 0.25) is 0 Å². The number of carbonyl (C=O) groups excluding carboxylic acids is 3. The van der Waals surface area contributed by atoms with E-state index < -0.39 is 23.4 Å². The lowest BCUT2D eigenvalue weighted by Gasteiger charge is -2.32. The zero-order valence-electron chi connectivity index (χ0n) is 18.6. The molecule has 2 amide bonds. The number of nitro benzene ring substituents is 1. The van der Waals surface area contributed by atoms with Crippen molar-refractivity contribution in [2.75, 3.05) is 29.9 Å². The topological polar surface area (TPSA) is 131 Å². The van der Waals surface area contributed by atoms with Crippen LogP contribution in [0.15, 0.2) is 48.5 Å². The molecule has 0 spiro atoms. The van der Waals surface area contributed by atoms with E-state index in [4.69, 9.17) is 4.74 Å². The van der Waals surface area contributed by atoms with Crippen molar-refractivity contribution >= 4 is 34.8 Å². The molecule has 1 saturated heterocycles. The molecular weight excluding hydrogens is 440 g/mol. The fraction of sp³-hybridized carbons (Fsp3) is 0.375. The van der Waals surface area contributed by atoms with E-state index in [-0.39, 0.29) is 23.6 Å². The van der Waals surface area contributed by atoms with Gasteiger partial charge in [0.05, 0.1) is 22.1 Å². The van der Waals surface area contributed by atoms with E-state index in [0.717, 1.165) is 12.8 Å². The van der Waals surface area contributed by atoms with Gasteiger partial charge in [-0.05, 0) is 43.9 Å². The van der Waals surface area contributed by atoms with Crippen molar-refractivity contribution in [1.82, 2.24) is 5.32 Å². The molecule has 1 aliphatic heterocycles. The minimum atomic E-state index is -0.530.